The monoisotopic (exact) mass is 609 g/mol. The molecule has 0 aliphatic carbocycles. The van der Waals surface area contributed by atoms with Gasteiger partial charge in [-0.15, -0.1) is 0 Å². The predicted octanol–water partition coefficient (Wildman–Crippen LogP) is 6.24. The van der Waals surface area contributed by atoms with Crippen molar-refractivity contribution in [1.82, 2.24) is 19.9 Å². The van der Waals surface area contributed by atoms with Crippen molar-refractivity contribution in [1.29, 1.82) is 0 Å². The molecule has 0 unspecified atom stereocenters. The lowest BCUT2D eigenvalue weighted by Crippen LogP contribution is -2.46. The molecule has 2 N–H and O–H groups in total. The lowest BCUT2D eigenvalue weighted by atomic mass is 9.86. The highest BCUT2D eigenvalue weighted by molar-refractivity contribution is 5.86. The average Bonchev–Trinajstić information content (AvgIpc) is 3.31. The van der Waals surface area contributed by atoms with E-state index in [9.17, 15) is 24.8 Å². The van der Waals surface area contributed by atoms with E-state index in [1.165, 1.54) is 12.1 Å². The van der Waals surface area contributed by atoms with Crippen LogP contribution in [0.1, 0.15) is 91.0 Å². The molecule has 2 amide bonds. The summed E-state index contributed by atoms with van der Waals surface area (Å²) in [7, 11) is 0. The van der Waals surface area contributed by atoms with Crippen LogP contribution in [0.15, 0.2) is 30.3 Å². The number of alkyl carbamates (subject to hydrolysis) is 1. The van der Waals surface area contributed by atoms with E-state index in [0.717, 1.165) is 16.2 Å². The number of hydrogen-bond acceptors (Lipinski definition) is 8. The Morgan fingerprint density at radius 3 is 2.36 bits per heavy atom. The van der Waals surface area contributed by atoms with Crippen molar-refractivity contribution in [2.45, 2.75) is 97.8 Å². The molecule has 44 heavy (non-hydrogen) atoms. The number of benzene rings is 1. The third-order valence-corrected chi connectivity index (χ3v) is 7.39. The molecule has 1 aliphatic rings. The number of fused-ring (bicyclic) bond motifs is 1. The van der Waals surface area contributed by atoms with Gasteiger partial charge in [-0.2, -0.15) is 9.61 Å². The fourth-order valence-corrected chi connectivity index (χ4v) is 5.37. The maximum Gasteiger partial charge on any atom is 0.413 e. The van der Waals surface area contributed by atoms with E-state index in [0.29, 0.717) is 43.0 Å². The Bertz CT molecular complexity index is 1550. The van der Waals surface area contributed by atoms with Crippen LogP contribution in [0.4, 0.5) is 26.9 Å². The van der Waals surface area contributed by atoms with Crippen LogP contribution in [0.2, 0.25) is 0 Å². The first-order valence-electron chi connectivity index (χ1n) is 14.9. The van der Waals surface area contributed by atoms with Gasteiger partial charge in [-0.25, -0.2) is 14.6 Å². The number of ether oxygens (including phenoxy) is 1. The highest BCUT2D eigenvalue weighted by Crippen LogP contribution is 2.36. The molecule has 4 rings (SSSR count). The topological polar surface area (TPSA) is 155 Å². The van der Waals surface area contributed by atoms with E-state index in [1.807, 2.05) is 20.8 Å². The molecule has 13 heteroatoms. The molecule has 0 spiro atoms. The van der Waals surface area contributed by atoms with Gasteiger partial charge in [0.05, 0.1) is 17.2 Å². The van der Waals surface area contributed by atoms with Gasteiger partial charge in [-0.05, 0) is 45.1 Å². The van der Waals surface area contributed by atoms with Gasteiger partial charge in [0.2, 0.25) is 0 Å². The Hall–Kier alpha value is -4.42. The Balaban J connectivity index is 1.77. The van der Waals surface area contributed by atoms with Crippen molar-refractivity contribution in [2.75, 3.05) is 22.9 Å². The number of nitrogens with one attached hydrogen (secondary N) is 1. The molecular weight excluding hydrogens is 566 g/mol. The number of nitro groups is 1. The fraction of sp³-hybridized carbons (Fsp3) is 0.548. The minimum Gasteiger partial charge on any atom is -0.465 e. The van der Waals surface area contributed by atoms with Crippen LogP contribution in [0, 0.1) is 10.1 Å². The Labute approximate surface area is 257 Å². The second-order valence-corrected chi connectivity index (χ2v) is 13.6. The number of non-ortho nitro benzene ring substituents is 1. The highest BCUT2D eigenvalue weighted by Gasteiger charge is 2.32. The van der Waals surface area contributed by atoms with E-state index < -0.39 is 22.7 Å². The van der Waals surface area contributed by atoms with Gasteiger partial charge in [0.1, 0.15) is 17.2 Å². The number of carbonyl (C=O) groups is 2. The van der Waals surface area contributed by atoms with Crippen molar-refractivity contribution >= 4 is 35.2 Å². The first-order valence-corrected chi connectivity index (χ1v) is 14.9. The zero-order chi connectivity index (χ0) is 32.6. The molecule has 1 aromatic carbocycles. The van der Waals surface area contributed by atoms with Crippen molar-refractivity contribution in [3.63, 3.8) is 0 Å². The van der Waals surface area contributed by atoms with Crippen molar-refractivity contribution in [2.24, 2.45) is 0 Å². The molecule has 238 valence electrons. The highest BCUT2D eigenvalue weighted by atomic mass is 16.6. The van der Waals surface area contributed by atoms with Crippen molar-refractivity contribution < 1.29 is 24.4 Å². The SMILES string of the molecule is CC(C)c1c(C(C)(C)C)nn2c(N(Cc3cccc([N+](=O)[O-])c3)C(=O)O)cc(N3CCC(NC(=O)OC(C)(C)C)CC3)nc12. The molecule has 1 aliphatic heterocycles. The van der Waals surface area contributed by atoms with Crippen LogP contribution in [0.25, 0.3) is 5.65 Å². The van der Waals surface area contributed by atoms with Gasteiger partial charge < -0.3 is 20.1 Å². The minimum absolute atomic E-state index is 0.0520. The zero-order valence-corrected chi connectivity index (χ0v) is 26.7. The average molecular weight is 610 g/mol. The smallest absolute Gasteiger partial charge is 0.413 e. The molecule has 0 bridgehead atoms. The zero-order valence-electron chi connectivity index (χ0n) is 26.7. The molecule has 0 saturated carbocycles. The maximum atomic E-state index is 12.8. The van der Waals surface area contributed by atoms with E-state index in [1.54, 1.807) is 22.7 Å². The summed E-state index contributed by atoms with van der Waals surface area (Å²) in [6, 6.07) is 7.59. The lowest BCUT2D eigenvalue weighted by molar-refractivity contribution is -0.384. The van der Waals surface area contributed by atoms with E-state index in [4.69, 9.17) is 14.8 Å². The Morgan fingerprint density at radius 1 is 1.16 bits per heavy atom. The quantitative estimate of drug-likeness (QED) is 0.234. The van der Waals surface area contributed by atoms with Crippen LogP contribution in [-0.4, -0.2) is 61.5 Å². The first kappa shape index (κ1) is 32.5. The summed E-state index contributed by atoms with van der Waals surface area (Å²) in [6.45, 7) is 16.8. The second kappa shape index (κ2) is 12.3. The standard InChI is InChI=1S/C31H43N7O6/c1-19(2)25-26(30(3,4)5)34-37-24(36(29(40)41)18-20-10-9-11-22(16-20)38(42)43)17-23(33-27(25)37)35-14-12-21(13-15-35)32-28(39)44-31(6,7)8/h9-11,16-17,19,21H,12-15,18H2,1-8H3,(H,32,39)(H,40,41). The van der Waals surface area contributed by atoms with Gasteiger partial charge in [-0.3, -0.25) is 15.0 Å². The van der Waals surface area contributed by atoms with E-state index >= 15 is 0 Å². The summed E-state index contributed by atoms with van der Waals surface area (Å²) in [4.78, 5) is 44.3. The summed E-state index contributed by atoms with van der Waals surface area (Å²) in [6.07, 6.45) is -0.372. The maximum absolute atomic E-state index is 12.8. The van der Waals surface area contributed by atoms with Crippen LogP contribution >= 0.6 is 0 Å². The Morgan fingerprint density at radius 2 is 1.82 bits per heavy atom. The number of anilines is 2. The summed E-state index contributed by atoms with van der Waals surface area (Å²) in [5.41, 5.74) is 1.73. The summed E-state index contributed by atoms with van der Waals surface area (Å²) in [5.74, 6) is 0.933. The van der Waals surface area contributed by atoms with Gasteiger partial charge in [0.25, 0.3) is 5.69 Å². The minimum atomic E-state index is -1.23. The number of carboxylic acid groups (broad SMARTS) is 1. The van der Waals surface area contributed by atoms with Gasteiger partial charge in [-0.1, -0.05) is 46.8 Å². The number of nitrogens with zero attached hydrogens (tertiary/aromatic N) is 6. The van der Waals surface area contributed by atoms with Crippen LogP contribution < -0.4 is 15.1 Å². The molecule has 0 radical (unpaired) electrons. The third-order valence-electron chi connectivity index (χ3n) is 7.39. The molecule has 3 aromatic rings. The Kier molecular flexibility index (Phi) is 9.08. The number of piperidine rings is 1. The number of aromatic nitrogens is 3. The molecule has 1 saturated heterocycles. The van der Waals surface area contributed by atoms with Crippen LogP contribution in [-0.2, 0) is 16.7 Å². The molecule has 2 aromatic heterocycles. The number of carbonyl (C=O) groups excluding carboxylic acids is 1. The van der Waals surface area contributed by atoms with Gasteiger partial charge in [0.15, 0.2) is 5.65 Å². The number of hydrogen-bond donors (Lipinski definition) is 2. The van der Waals surface area contributed by atoms with Crippen molar-refractivity contribution in [3.05, 3.63) is 57.3 Å². The van der Waals surface area contributed by atoms with Crippen LogP contribution in [0.5, 0.6) is 0 Å². The molecule has 1 fully saturated rings. The molecule has 0 atom stereocenters. The fourth-order valence-electron chi connectivity index (χ4n) is 5.37. The second-order valence-electron chi connectivity index (χ2n) is 13.6. The van der Waals surface area contributed by atoms with E-state index in [-0.39, 0.29) is 35.4 Å². The summed E-state index contributed by atoms with van der Waals surface area (Å²) >= 11 is 0. The van der Waals surface area contributed by atoms with E-state index in [2.05, 4.69) is 44.8 Å². The number of nitro benzene ring substituents is 1. The predicted molar refractivity (Wildman–Crippen MR) is 168 cm³/mol. The molecule has 3 heterocycles. The first-order chi connectivity index (χ1) is 20.4. The number of rotatable bonds is 7. The van der Waals surface area contributed by atoms with Crippen LogP contribution in [0.3, 0.4) is 0 Å². The number of amides is 2. The lowest BCUT2D eigenvalue weighted by Gasteiger charge is -2.34. The third kappa shape index (κ3) is 7.37. The molecule has 13 nitrogen and oxygen atoms in total. The summed E-state index contributed by atoms with van der Waals surface area (Å²) in [5, 5.41) is 29.7. The van der Waals surface area contributed by atoms with Gasteiger partial charge >= 0.3 is 12.2 Å². The summed E-state index contributed by atoms with van der Waals surface area (Å²) < 4.78 is 7.00. The normalized spacial score (nSPS) is 14.6. The largest absolute Gasteiger partial charge is 0.465 e. The van der Waals surface area contributed by atoms with Gasteiger partial charge in [0, 0.05) is 48.3 Å². The van der Waals surface area contributed by atoms with Crippen molar-refractivity contribution in [3.8, 4) is 0 Å². The molecular formula is C31H43N7O6.